The molecule has 0 spiro atoms. The van der Waals surface area contributed by atoms with Gasteiger partial charge in [0.05, 0.1) is 5.39 Å². The van der Waals surface area contributed by atoms with Crippen LogP contribution in [0.1, 0.15) is 18.7 Å². The lowest BCUT2D eigenvalue weighted by molar-refractivity contribution is 0.554. The Morgan fingerprint density at radius 3 is 2.94 bits per heavy atom. The van der Waals surface area contributed by atoms with Gasteiger partial charge in [0, 0.05) is 5.57 Å². The van der Waals surface area contributed by atoms with Crippen LogP contribution in [-0.2, 0) is 0 Å². The zero-order chi connectivity index (χ0) is 11.7. The highest BCUT2D eigenvalue weighted by Gasteiger charge is 2.10. The molecule has 84 valence electrons. The lowest BCUT2D eigenvalue weighted by Crippen LogP contribution is -2.09. The minimum absolute atomic E-state index is 0.225. The fourth-order valence-corrected chi connectivity index (χ4v) is 1.93. The Balaban J connectivity index is 2.22. The van der Waals surface area contributed by atoms with Crippen molar-refractivity contribution < 1.29 is 4.42 Å². The maximum Gasteiger partial charge on any atom is 0.284 e. The van der Waals surface area contributed by atoms with E-state index in [-0.39, 0.29) is 5.56 Å². The number of allylic oxidation sites excluding steroid dienone is 4. The number of fused-ring (bicyclic) bond motifs is 1. The number of para-hydroxylation sites is 1. The van der Waals surface area contributed by atoms with Crippen LogP contribution in [0.4, 0.5) is 0 Å². The van der Waals surface area contributed by atoms with Gasteiger partial charge < -0.3 is 4.42 Å². The third kappa shape index (κ3) is 1.80. The summed E-state index contributed by atoms with van der Waals surface area (Å²) in [5.41, 5.74) is 1.35. The van der Waals surface area contributed by atoms with Crippen molar-refractivity contribution in [3.63, 3.8) is 0 Å². The van der Waals surface area contributed by atoms with E-state index in [2.05, 4.69) is 11.1 Å². The third-order valence-electron chi connectivity index (χ3n) is 2.82. The second-order valence-corrected chi connectivity index (χ2v) is 3.98. The zero-order valence-electron chi connectivity index (χ0n) is 9.22. The molecule has 3 nitrogen and oxygen atoms in total. The summed E-state index contributed by atoms with van der Waals surface area (Å²) in [6, 6.07) is 7.18. The minimum atomic E-state index is -0.225. The minimum Gasteiger partial charge on any atom is -0.438 e. The summed E-state index contributed by atoms with van der Waals surface area (Å²) in [5, 5.41) is 0.531. The number of hydrogen-bond donors (Lipinski definition) is 0. The predicted octanol–water partition coefficient (Wildman–Crippen LogP) is 2.92. The van der Waals surface area contributed by atoms with Crippen LogP contribution < -0.4 is 5.56 Å². The average Bonchev–Trinajstić information content (AvgIpc) is 2.40. The summed E-state index contributed by atoms with van der Waals surface area (Å²) in [6.07, 6.45) is 7.83. The first-order chi connectivity index (χ1) is 8.34. The van der Waals surface area contributed by atoms with E-state index in [0.717, 1.165) is 18.4 Å². The average molecular weight is 225 g/mol. The van der Waals surface area contributed by atoms with Crippen molar-refractivity contribution in [2.45, 2.75) is 12.8 Å². The number of benzene rings is 1. The van der Waals surface area contributed by atoms with Crippen molar-refractivity contribution >= 4 is 16.5 Å². The SMILES string of the molecule is O=c1nc(C2=CC=CCC2)oc2ccccc12. The van der Waals surface area contributed by atoms with E-state index in [1.165, 1.54) is 0 Å². The quantitative estimate of drug-likeness (QED) is 0.749. The molecule has 2 aromatic rings. The molecular formula is C14H11NO2. The van der Waals surface area contributed by atoms with Crippen molar-refractivity contribution in [3.8, 4) is 0 Å². The molecule has 0 saturated carbocycles. The van der Waals surface area contributed by atoms with Crippen LogP contribution in [0.15, 0.2) is 51.7 Å². The van der Waals surface area contributed by atoms with Gasteiger partial charge in [-0.15, -0.1) is 0 Å². The van der Waals surface area contributed by atoms with Gasteiger partial charge in [-0.2, -0.15) is 4.98 Å². The molecule has 0 radical (unpaired) electrons. The molecule has 3 heteroatoms. The van der Waals surface area contributed by atoms with Gasteiger partial charge >= 0.3 is 0 Å². The van der Waals surface area contributed by atoms with Crippen LogP contribution in [-0.4, -0.2) is 4.98 Å². The van der Waals surface area contributed by atoms with Crippen LogP contribution >= 0.6 is 0 Å². The first-order valence-corrected chi connectivity index (χ1v) is 5.60. The second-order valence-electron chi connectivity index (χ2n) is 3.98. The summed E-state index contributed by atoms with van der Waals surface area (Å²) in [4.78, 5) is 15.8. The number of hydrogen-bond acceptors (Lipinski definition) is 3. The van der Waals surface area contributed by atoms with Gasteiger partial charge in [0.15, 0.2) is 0 Å². The molecule has 1 aromatic carbocycles. The topological polar surface area (TPSA) is 43.1 Å². The molecule has 0 atom stereocenters. The van der Waals surface area contributed by atoms with Crippen LogP contribution in [0.25, 0.3) is 16.5 Å². The summed E-state index contributed by atoms with van der Waals surface area (Å²) >= 11 is 0. The molecule has 0 unspecified atom stereocenters. The van der Waals surface area contributed by atoms with E-state index in [0.29, 0.717) is 16.9 Å². The maximum atomic E-state index is 11.8. The highest BCUT2D eigenvalue weighted by molar-refractivity contribution is 5.76. The van der Waals surface area contributed by atoms with E-state index in [1.807, 2.05) is 24.3 Å². The molecule has 0 amide bonds. The first-order valence-electron chi connectivity index (χ1n) is 5.60. The Bertz CT molecular complexity index is 680. The van der Waals surface area contributed by atoms with Gasteiger partial charge in [-0.25, -0.2) is 0 Å². The van der Waals surface area contributed by atoms with Crippen molar-refractivity contribution in [1.82, 2.24) is 4.98 Å². The molecule has 0 saturated heterocycles. The lowest BCUT2D eigenvalue weighted by atomic mass is 10.1. The number of aromatic nitrogens is 1. The molecule has 1 aromatic heterocycles. The molecule has 17 heavy (non-hydrogen) atoms. The Labute approximate surface area is 98.1 Å². The zero-order valence-corrected chi connectivity index (χ0v) is 9.22. The number of nitrogens with zero attached hydrogens (tertiary/aromatic N) is 1. The third-order valence-corrected chi connectivity index (χ3v) is 2.82. The summed E-state index contributed by atoms with van der Waals surface area (Å²) in [6.45, 7) is 0. The molecule has 0 fully saturated rings. The fourth-order valence-electron chi connectivity index (χ4n) is 1.93. The Morgan fingerprint density at radius 1 is 1.24 bits per heavy atom. The van der Waals surface area contributed by atoms with E-state index < -0.39 is 0 Å². The van der Waals surface area contributed by atoms with Gasteiger partial charge in [0.1, 0.15) is 5.58 Å². The Kier molecular flexibility index (Phi) is 2.37. The molecule has 0 aliphatic heterocycles. The van der Waals surface area contributed by atoms with Crippen molar-refractivity contribution in [3.05, 3.63) is 58.7 Å². The summed E-state index contributed by atoms with van der Waals surface area (Å²) in [5.74, 6) is 0.443. The normalized spacial score (nSPS) is 14.9. The summed E-state index contributed by atoms with van der Waals surface area (Å²) in [7, 11) is 0. The molecule has 1 heterocycles. The highest BCUT2D eigenvalue weighted by atomic mass is 16.3. The van der Waals surface area contributed by atoms with Crippen LogP contribution in [0.2, 0.25) is 0 Å². The van der Waals surface area contributed by atoms with Gasteiger partial charge in [0.2, 0.25) is 5.89 Å². The van der Waals surface area contributed by atoms with Crippen LogP contribution in [0, 0.1) is 0 Å². The van der Waals surface area contributed by atoms with E-state index in [1.54, 1.807) is 12.1 Å². The van der Waals surface area contributed by atoms with Crippen LogP contribution in [0.3, 0.4) is 0 Å². The maximum absolute atomic E-state index is 11.8. The monoisotopic (exact) mass is 225 g/mol. The van der Waals surface area contributed by atoms with Crippen LogP contribution in [0.5, 0.6) is 0 Å². The van der Waals surface area contributed by atoms with Gasteiger partial charge in [-0.3, -0.25) is 4.79 Å². The van der Waals surface area contributed by atoms with Crippen molar-refractivity contribution in [1.29, 1.82) is 0 Å². The number of rotatable bonds is 1. The van der Waals surface area contributed by atoms with E-state index >= 15 is 0 Å². The van der Waals surface area contributed by atoms with E-state index in [4.69, 9.17) is 4.42 Å². The smallest absolute Gasteiger partial charge is 0.284 e. The van der Waals surface area contributed by atoms with Gasteiger partial charge in [0.25, 0.3) is 5.56 Å². The molecule has 1 aliphatic carbocycles. The fraction of sp³-hybridized carbons (Fsp3) is 0.143. The molecule has 0 bridgehead atoms. The molecular weight excluding hydrogens is 214 g/mol. The predicted molar refractivity (Wildman–Crippen MR) is 66.6 cm³/mol. The highest BCUT2D eigenvalue weighted by Crippen LogP contribution is 2.23. The van der Waals surface area contributed by atoms with Gasteiger partial charge in [-0.1, -0.05) is 30.4 Å². The molecule has 1 aliphatic rings. The lowest BCUT2D eigenvalue weighted by Gasteiger charge is -2.07. The largest absolute Gasteiger partial charge is 0.438 e. The van der Waals surface area contributed by atoms with Gasteiger partial charge in [-0.05, 0) is 25.0 Å². The van der Waals surface area contributed by atoms with E-state index in [9.17, 15) is 4.79 Å². The summed E-state index contributed by atoms with van der Waals surface area (Å²) < 4.78 is 5.67. The molecule has 3 rings (SSSR count). The standard InChI is InChI=1S/C14H11NO2/c16-13-11-8-4-5-9-12(11)17-14(15-13)10-6-2-1-3-7-10/h1-2,4-6,8-9H,3,7H2. The van der Waals surface area contributed by atoms with Crippen molar-refractivity contribution in [2.75, 3.05) is 0 Å². The second kappa shape index (κ2) is 4.01. The Morgan fingerprint density at radius 2 is 2.12 bits per heavy atom. The van der Waals surface area contributed by atoms with Crippen molar-refractivity contribution in [2.24, 2.45) is 0 Å². The first kappa shape index (κ1) is 10.0. The molecule has 0 N–H and O–H groups in total. The Hall–Kier alpha value is -2.16.